The molecule has 0 fully saturated rings. The Morgan fingerprint density at radius 2 is 2.06 bits per heavy atom. The highest BCUT2D eigenvalue weighted by molar-refractivity contribution is 9.11. The van der Waals surface area contributed by atoms with Gasteiger partial charge in [0.15, 0.2) is 0 Å². The minimum absolute atomic E-state index is 0.437. The summed E-state index contributed by atoms with van der Waals surface area (Å²) in [7, 11) is 0. The molecule has 0 unspecified atom stereocenters. The molecule has 0 amide bonds. The van der Waals surface area contributed by atoms with Gasteiger partial charge >= 0.3 is 0 Å². The van der Waals surface area contributed by atoms with Crippen LogP contribution in [0.2, 0.25) is 0 Å². The van der Waals surface area contributed by atoms with E-state index < -0.39 is 0 Å². The Morgan fingerprint density at radius 1 is 1.35 bits per heavy atom. The Bertz CT molecular complexity index is 324. The maximum absolute atomic E-state index is 3.60. The molecule has 1 nitrogen and oxygen atoms in total. The fourth-order valence-corrected chi connectivity index (χ4v) is 3.46. The third kappa shape index (κ3) is 5.54. The molecule has 1 aromatic heterocycles. The van der Waals surface area contributed by atoms with Gasteiger partial charge in [-0.1, -0.05) is 20.8 Å². The number of nitrogens with one attached hydrogen (secondary N) is 1. The SMILES string of the molecule is CCNCCC(C)(C)CCc1cc(C)c(Br)s1. The zero-order valence-corrected chi connectivity index (χ0v) is 13.8. The van der Waals surface area contributed by atoms with Crippen molar-refractivity contribution in [3.8, 4) is 0 Å². The van der Waals surface area contributed by atoms with Crippen molar-refractivity contribution >= 4 is 27.3 Å². The molecule has 17 heavy (non-hydrogen) atoms. The van der Waals surface area contributed by atoms with Gasteiger partial charge in [0.2, 0.25) is 0 Å². The summed E-state index contributed by atoms with van der Waals surface area (Å²) in [5.41, 5.74) is 1.81. The van der Waals surface area contributed by atoms with Crippen molar-refractivity contribution in [2.24, 2.45) is 5.41 Å². The van der Waals surface area contributed by atoms with E-state index in [2.05, 4.69) is 55.0 Å². The lowest BCUT2D eigenvalue weighted by Crippen LogP contribution is -2.22. The van der Waals surface area contributed by atoms with E-state index in [1.165, 1.54) is 33.5 Å². The second kappa shape index (κ2) is 6.91. The number of hydrogen-bond donors (Lipinski definition) is 1. The van der Waals surface area contributed by atoms with Crippen molar-refractivity contribution < 1.29 is 0 Å². The first-order chi connectivity index (χ1) is 7.94. The molecule has 3 heteroatoms. The van der Waals surface area contributed by atoms with E-state index in [1.807, 2.05) is 11.3 Å². The predicted molar refractivity (Wildman–Crippen MR) is 82.0 cm³/mol. The zero-order chi connectivity index (χ0) is 12.9. The van der Waals surface area contributed by atoms with Crippen molar-refractivity contribution in [1.82, 2.24) is 5.32 Å². The molecule has 1 aromatic rings. The molecule has 0 atom stereocenters. The lowest BCUT2D eigenvalue weighted by Gasteiger charge is -2.24. The van der Waals surface area contributed by atoms with Gasteiger partial charge in [0, 0.05) is 4.88 Å². The maximum atomic E-state index is 3.60. The monoisotopic (exact) mass is 317 g/mol. The molecular formula is C14H24BrNS. The lowest BCUT2D eigenvalue weighted by molar-refractivity contribution is 0.304. The minimum atomic E-state index is 0.437. The predicted octanol–water partition coefficient (Wildman–Crippen LogP) is 4.78. The molecular weight excluding hydrogens is 294 g/mol. The van der Waals surface area contributed by atoms with Crippen LogP contribution in [0.15, 0.2) is 9.85 Å². The molecule has 0 radical (unpaired) electrons. The highest BCUT2D eigenvalue weighted by Gasteiger charge is 2.17. The van der Waals surface area contributed by atoms with Crippen molar-refractivity contribution in [2.75, 3.05) is 13.1 Å². The van der Waals surface area contributed by atoms with Crippen molar-refractivity contribution in [2.45, 2.75) is 47.0 Å². The molecule has 0 bridgehead atoms. The lowest BCUT2D eigenvalue weighted by atomic mass is 9.84. The van der Waals surface area contributed by atoms with E-state index in [0.29, 0.717) is 5.41 Å². The second-order valence-corrected chi connectivity index (χ2v) is 7.89. The summed E-state index contributed by atoms with van der Waals surface area (Å²) in [6, 6.07) is 2.31. The summed E-state index contributed by atoms with van der Waals surface area (Å²) in [6.07, 6.45) is 3.73. The van der Waals surface area contributed by atoms with Gasteiger partial charge in [0.25, 0.3) is 0 Å². The van der Waals surface area contributed by atoms with Crippen molar-refractivity contribution in [1.29, 1.82) is 0 Å². The molecule has 98 valence electrons. The average molecular weight is 318 g/mol. The second-order valence-electron chi connectivity index (χ2n) is 5.44. The Morgan fingerprint density at radius 3 is 2.59 bits per heavy atom. The minimum Gasteiger partial charge on any atom is -0.317 e. The first kappa shape index (κ1) is 15.2. The topological polar surface area (TPSA) is 12.0 Å². The first-order valence-electron chi connectivity index (χ1n) is 6.40. The number of rotatable bonds is 7. The fraction of sp³-hybridized carbons (Fsp3) is 0.714. The van der Waals surface area contributed by atoms with Crippen LogP contribution >= 0.6 is 27.3 Å². The quantitative estimate of drug-likeness (QED) is 0.714. The normalized spacial score (nSPS) is 12.1. The molecule has 1 N–H and O–H groups in total. The summed E-state index contributed by atoms with van der Waals surface area (Å²) in [5.74, 6) is 0. The zero-order valence-electron chi connectivity index (χ0n) is 11.4. The van der Waals surface area contributed by atoms with Crippen LogP contribution in [0.5, 0.6) is 0 Å². The highest BCUT2D eigenvalue weighted by Crippen LogP contribution is 2.32. The Labute approximate surface area is 118 Å². The van der Waals surface area contributed by atoms with E-state index in [0.717, 1.165) is 13.1 Å². The number of thiophene rings is 1. The van der Waals surface area contributed by atoms with Crippen molar-refractivity contribution in [3.63, 3.8) is 0 Å². The molecule has 0 aliphatic rings. The van der Waals surface area contributed by atoms with E-state index in [-0.39, 0.29) is 0 Å². The van der Waals surface area contributed by atoms with Crippen LogP contribution in [0.3, 0.4) is 0 Å². The van der Waals surface area contributed by atoms with Gasteiger partial charge in [-0.25, -0.2) is 0 Å². The van der Waals surface area contributed by atoms with Crippen molar-refractivity contribution in [3.05, 3.63) is 20.3 Å². The van der Waals surface area contributed by atoms with Gasteiger partial charge < -0.3 is 5.32 Å². The van der Waals surface area contributed by atoms with Gasteiger partial charge in [-0.15, -0.1) is 11.3 Å². The standard InChI is InChI=1S/C14H24BrNS/c1-5-16-9-8-14(3,4)7-6-12-10-11(2)13(15)17-12/h10,16H,5-9H2,1-4H3. The average Bonchev–Trinajstić information content (AvgIpc) is 2.56. The first-order valence-corrected chi connectivity index (χ1v) is 8.01. The largest absolute Gasteiger partial charge is 0.317 e. The van der Waals surface area contributed by atoms with Gasteiger partial charge in [0.1, 0.15) is 0 Å². The Hall–Kier alpha value is 0.140. The molecule has 1 rings (SSSR count). The highest BCUT2D eigenvalue weighted by atomic mass is 79.9. The molecule has 0 aliphatic carbocycles. The van der Waals surface area contributed by atoms with Gasteiger partial charge in [0.05, 0.1) is 3.79 Å². The van der Waals surface area contributed by atoms with E-state index in [4.69, 9.17) is 0 Å². The Balaban J connectivity index is 2.38. The summed E-state index contributed by atoms with van der Waals surface area (Å²) in [5, 5.41) is 3.41. The van der Waals surface area contributed by atoms with Crippen LogP contribution in [-0.4, -0.2) is 13.1 Å². The molecule has 0 spiro atoms. The van der Waals surface area contributed by atoms with Crippen LogP contribution in [0.25, 0.3) is 0 Å². The summed E-state index contributed by atoms with van der Waals surface area (Å²) < 4.78 is 1.29. The molecule has 0 aliphatic heterocycles. The van der Waals surface area contributed by atoms with Crippen LogP contribution < -0.4 is 5.32 Å². The van der Waals surface area contributed by atoms with Crippen LogP contribution in [0.1, 0.15) is 44.1 Å². The van der Waals surface area contributed by atoms with Crippen LogP contribution in [-0.2, 0) is 6.42 Å². The van der Waals surface area contributed by atoms with Crippen LogP contribution in [0.4, 0.5) is 0 Å². The van der Waals surface area contributed by atoms with Gasteiger partial charge in [-0.2, -0.15) is 0 Å². The molecule has 0 saturated carbocycles. The van der Waals surface area contributed by atoms with Gasteiger partial charge in [-0.05, 0) is 72.3 Å². The molecule has 1 heterocycles. The van der Waals surface area contributed by atoms with E-state index in [1.54, 1.807) is 0 Å². The Kier molecular flexibility index (Phi) is 6.18. The summed E-state index contributed by atoms with van der Waals surface area (Å²) >= 11 is 5.48. The molecule has 0 aromatic carbocycles. The number of aryl methyl sites for hydroxylation is 2. The number of halogens is 1. The third-order valence-electron chi connectivity index (χ3n) is 3.18. The smallest absolute Gasteiger partial charge is 0.0730 e. The molecule has 0 saturated heterocycles. The van der Waals surface area contributed by atoms with Gasteiger partial charge in [-0.3, -0.25) is 0 Å². The van der Waals surface area contributed by atoms with E-state index >= 15 is 0 Å². The third-order valence-corrected chi connectivity index (χ3v) is 5.38. The fourth-order valence-electron chi connectivity index (χ4n) is 1.84. The summed E-state index contributed by atoms with van der Waals surface area (Å²) in [4.78, 5) is 1.51. The van der Waals surface area contributed by atoms with Crippen LogP contribution in [0, 0.1) is 12.3 Å². The van der Waals surface area contributed by atoms with E-state index in [9.17, 15) is 0 Å². The summed E-state index contributed by atoms with van der Waals surface area (Å²) in [6.45, 7) is 11.3. The maximum Gasteiger partial charge on any atom is 0.0730 e. The number of hydrogen-bond acceptors (Lipinski definition) is 2.